The molecule has 1 heterocycles. The van der Waals surface area contributed by atoms with Gasteiger partial charge in [0, 0.05) is 13.0 Å². The predicted molar refractivity (Wildman–Crippen MR) is 71.8 cm³/mol. The van der Waals surface area contributed by atoms with Gasteiger partial charge in [-0.1, -0.05) is 41.4 Å². The Kier molecular flexibility index (Phi) is 3.97. The minimum absolute atomic E-state index is 0.510. The molecule has 4 heteroatoms. The second-order valence-corrected chi connectivity index (χ2v) is 4.62. The largest absolute Gasteiger partial charge is 0.338 e. The van der Waals surface area contributed by atoms with Gasteiger partial charge in [0.2, 0.25) is 0 Å². The lowest BCUT2D eigenvalue weighted by molar-refractivity contribution is 0.423. The highest BCUT2D eigenvalue weighted by Crippen LogP contribution is 2.13. The minimum atomic E-state index is 0.510. The van der Waals surface area contributed by atoms with Crippen LogP contribution in [0.2, 0.25) is 0 Å². The molecule has 0 unspecified atom stereocenters. The number of aryl methyl sites for hydroxylation is 2. The first kappa shape index (κ1) is 12.6. The number of nitrogens with zero attached hydrogens (tertiary/aromatic N) is 2. The fourth-order valence-corrected chi connectivity index (χ4v) is 1.98. The molecule has 1 aromatic heterocycles. The van der Waals surface area contributed by atoms with Crippen molar-refractivity contribution in [2.45, 2.75) is 33.6 Å². The first-order valence-electron chi connectivity index (χ1n) is 6.31. The van der Waals surface area contributed by atoms with Crippen LogP contribution in [0.1, 0.15) is 35.9 Å². The van der Waals surface area contributed by atoms with Crippen LogP contribution in [0.15, 0.2) is 22.7 Å². The summed E-state index contributed by atoms with van der Waals surface area (Å²) in [4.78, 5) is 4.31. The summed E-state index contributed by atoms with van der Waals surface area (Å²) in [6.07, 6.45) is 1.74. The molecule has 0 bridgehead atoms. The van der Waals surface area contributed by atoms with E-state index in [4.69, 9.17) is 4.52 Å². The SMILES string of the molecule is CCCNc1nc(Cc2cc(C)cc(C)c2)no1. The van der Waals surface area contributed by atoms with E-state index in [1.165, 1.54) is 16.7 Å². The highest BCUT2D eigenvalue weighted by atomic mass is 16.5. The van der Waals surface area contributed by atoms with Gasteiger partial charge < -0.3 is 9.84 Å². The zero-order valence-corrected chi connectivity index (χ0v) is 11.2. The van der Waals surface area contributed by atoms with Gasteiger partial charge in [0.25, 0.3) is 0 Å². The number of hydrogen-bond donors (Lipinski definition) is 1. The van der Waals surface area contributed by atoms with Gasteiger partial charge in [0.05, 0.1) is 0 Å². The number of nitrogens with one attached hydrogen (secondary N) is 1. The summed E-state index contributed by atoms with van der Waals surface area (Å²) in [6.45, 7) is 7.15. The summed E-state index contributed by atoms with van der Waals surface area (Å²) in [7, 11) is 0. The first-order chi connectivity index (χ1) is 8.67. The maximum atomic E-state index is 5.13. The molecule has 0 atom stereocenters. The van der Waals surface area contributed by atoms with Crippen LogP contribution in [-0.2, 0) is 6.42 Å². The maximum Gasteiger partial charge on any atom is 0.321 e. The van der Waals surface area contributed by atoms with Gasteiger partial charge in [-0.2, -0.15) is 4.98 Å². The van der Waals surface area contributed by atoms with Crippen molar-refractivity contribution in [3.63, 3.8) is 0 Å². The second-order valence-electron chi connectivity index (χ2n) is 4.62. The van der Waals surface area contributed by atoms with Crippen molar-refractivity contribution >= 4 is 6.01 Å². The Labute approximate surface area is 107 Å². The zero-order chi connectivity index (χ0) is 13.0. The molecule has 18 heavy (non-hydrogen) atoms. The molecule has 0 fully saturated rings. The van der Waals surface area contributed by atoms with E-state index >= 15 is 0 Å². The summed E-state index contributed by atoms with van der Waals surface area (Å²) >= 11 is 0. The monoisotopic (exact) mass is 245 g/mol. The van der Waals surface area contributed by atoms with E-state index in [1.807, 2.05) is 0 Å². The molecule has 4 nitrogen and oxygen atoms in total. The number of rotatable bonds is 5. The van der Waals surface area contributed by atoms with Crippen LogP contribution in [-0.4, -0.2) is 16.7 Å². The number of hydrogen-bond acceptors (Lipinski definition) is 4. The maximum absolute atomic E-state index is 5.13. The van der Waals surface area contributed by atoms with Crippen LogP contribution in [0.4, 0.5) is 6.01 Å². The van der Waals surface area contributed by atoms with Crippen molar-refractivity contribution in [2.75, 3.05) is 11.9 Å². The lowest BCUT2D eigenvalue weighted by Gasteiger charge is -2.01. The Balaban J connectivity index is 2.06. The molecule has 0 saturated heterocycles. The average Bonchev–Trinajstić information content (AvgIpc) is 2.72. The highest BCUT2D eigenvalue weighted by molar-refractivity contribution is 5.30. The van der Waals surface area contributed by atoms with Gasteiger partial charge in [0.15, 0.2) is 5.82 Å². The lowest BCUT2D eigenvalue weighted by Crippen LogP contribution is -2.00. The van der Waals surface area contributed by atoms with Crippen LogP contribution in [0, 0.1) is 13.8 Å². The molecule has 2 aromatic rings. The Morgan fingerprint density at radius 3 is 2.56 bits per heavy atom. The number of anilines is 1. The molecule has 0 saturated carbocycles. The number of benzene rings is 1. The van der Waals surface area contributed by atoms with Gasteiger partial charge in [0.1, 0.15) is 0 Å². The molecule has 0 aliphatic heterocycles. The number of aromatic nitrogens is 2. The van der Waals surface area contributed by atoms with Crippen LogP contribution in [0.3, 0.4) is 0 Å². The van der Waals surface area contributed by atoms with Crippen LogP contribution in [0.25, 0.3) is 0 Å². The van der Waals surface area contributed by atoms with E-state index in [0.717, 1.165) is 18.8 Å². The average molecular weight is 245 g/mol. The Hall–Kier alpha value is -1.84. The summed E-state index contributed by atoms with van der Waals surface area (Å²) in [5, 5.41) is 7.06. The third-order valence-electron chi connectivity index (χ3n) is 2.64. The van der Waals surface area contributed by atoms with Crippen LogP contribution < -0.4 is 5.32 Å². The van der Waals surface area contributed by atoms with Crippen LogP contribution >= 0.6 is 0 Å². The van der Waals surface area contributed by atoms with E-state index in [1.54, 1.807) is 0 Å². The molecule has 2 rings (SSSR count). The zero-order valence-electron chi connectivity index (χ0n) is 11.2. The molecule has 1 N–H and O–H groups in total. The van der Waals surface area contributed by atoms with E-state index < -0.39 is 0 Å². The summed E-state index contributed by atoms with van der Waals surface area (Å²) in [6, 6.07) is 6.98. The standard InChI is InChI=1S/C14H19N3O/c1-4-5-15-14-16-13(17-18-14)9-12-7-10(2)6-11(3)8-12/h6-8H,4-5,9H2,1-3H3,(H,15,16,17). The van der Waals surface area contributed by atoms with Crippen molar-refractivity contribution in [3.8, 4) is 0 Å². The molecular formula is C14H19N3O. The fraction of sp³-hybridized carbons (Fsp3) is 0.429. The summed E-state index contributed by atoms with van der Waals surface area (Å²) in [5.41, 5.74) is 3.74. The summed E-state index contributed by atoms with van der Waals surface area (Å²) < 4.78 is 5.13. The van der Waals surface area contributed by atoms with Crippen molar-refractivity contribution < 1.29 is 4.52 Å². The van der Waals surface area contributed by atoms with Gasteiger partial charge in [-0.25, -0.2) is 0 Å². The van der Waals surface area contributed by atoms with Crippen molar-refractivity contribution in [2.24, 2.45) is 0 Å². The van der Waals surface area contributed by atoms with Gasteiger partial charge in [-0.05, 0) is 25.8 Å². The highest BCUT2D eigenvalue weighted by Gasteiger charge is 2.06. The molecule has 1 aromatic carbocycles. The first-order valence-corrected chi connectivity index (χ1v) is 6.31. The van der Waals surface area contributed by atoms with Gasteiger partial charge >= 0.3 is 6.01 Å². The second kappa shape index (κ2) is 5.67. The Bertz CT molecular complexity index is 499. The fourth-order valence-electron chi connectivity index (χ4n) is 1.98. The van der Waals surface area contributed by atoms with Crippen LogP contribution in [0.5, 0.6) is 0 Å². The Morgan fingerprint density at radius 2 is 1.89 bits per heavy atom. The molecule has 0 radical (unpaired) electrons. The van der Waals surface area contributed by atoms with Crippen molar-refractivity contribution in [1.29, 1.82) is 0 Å². The molecule has 0 aliphatic carbocycles. The molecule has 0 spiro atoms. The topological polar surface area (TPSA) is 51.0 Å². The van der Waals surface area contributed by atoms with E-state index in [2.05, 4.69) is 54.4 Å². The molecule has 0 amide bonds. The molecular weight excluding hydrogens is 226 g/mol. The molecule has 96 valence electrons. The van der Waals surface area contributed by atoms with E-state index in [9.17, 15) is 0 Å². The third-order valence-corrected chi connectivity index (χ3v) is 2.64. The predicted octanol–water partition coefficient (Wildman–Crippen LogP) is 3.10. The minimum Gasteiger partial charge on any atom is -0.338 e. The van der Waals surface area contributed by atoms with Crippen molar-refractivity contribution in [3.05, 3.63) is 40.7 Å². The Morgan fingerprint density at radius 1 is 1.17 bits per heavy atom. The van der Waals surface area contributed by atoms with Crippen molar-refractivity contribution in [1.82, 2.24) is 10.1 Å². The lowest BCUT2D eigenvalue weighted by atomic mass is 10.1. The molecule has 0 aliphatic rings. The normalized spacial score (nSPS) is 10.6. The summed E-state index contributed by atoms with van der Waals surface area (Å²) in [5.74, 6) is 0.721. The van der Waals surface area contributed by atoms with E-state index in [-0.39, 0.29) is 0 Å². The third kappa shape index (κ3) is 3.32. The van der Waals surface area contributed by atoms with Gasteiger partial charge in [-0.15, -0.1) is 0 Å². The van der Waals surface area contributed by atoms with Gasteiger partial charge in [-0.3, -0.25) is 0 Å². The smallest absolute Gasteiger partial charge is 0.321 e. The van der Waals surface area contributed by atoms with E-state index in [0.29, 0.717) is 12.4 Å². The quantitative estimate of drug-likeness (QED) is 0.879.